The van der Waals surface area contributed by atoms with Crippen LogP contribution in [0, 0.1) is 0 Å². The van der Waals surface area contributed by atoms with Crippen molar-refractivity contribution in [3.05, 3.63) is 48.7 Å². The molecular formula is C21H26N6O3. The monoisotopic (exact) mass is 410 g/mol. The summed E-state index contributed by atoms with van der Waals surface area (Å²) in [5.74, 6) is -0.245. The number of aromatic nitrogens is 4. The quantitative estimate of drug-likeness (QED) is 0.576. The average Bonchev–Trinajstić information content (AvgIpc) is 3.46. The van der Waals surface area contributed by atoms with E-state index in [4.69, 9.17) is 4.74 Å². The van der Waals surface area contributed by atoms with Gasteiger partial charge in [-0.1, -0.05) is 18.2 Å². The number of piperidine rings is 1. The number of aryl methyl sites for hydroxylation is 1. The second kappa shape index (κ2) is 8.66. The predicted octanol–water partition coefficient (Wildman–Crippen LogP) is 1.59. The number of aromatic amines is 1. The number of methoxy groups -OCH3 is 1. The van der Waals surface area contributed by atoms with E-state index in [1.54, 1.807) is 24.5 Å². The SMILES string of the molecule is COC1(C(=O)NCCCn2ccnc2)CCN(C(=O)c2n[nH]c3ccccc23)CC1. The number of H-pyrrole nitrogens is 1. The highest BCUT2D eigenvalue weighted by molar-refractivity contribution is 6.04. The fourth-order valence-corrected chi connectivity index (χ4v) is 3.91. The van der Waals surface area contributed by atoms with Crippen LogP contribution in [0.15, 0.2) is 43.0 Å². The maximum absolute atomic E-state index is 13.0. The number of carbonyl (C=O) groups is 2. The molecule has 2 aromatic heterocycles. The van der Waals surface area contributed by atoms with Crippen LogP contribution >= 0.6 is 0 Å². The van der Waals surface area contributed by atoms with Crippen molar-refractivity contribution in [1.29, 1.82) is 0 Å². The van der Waals surface area contributed by atoms with E-state index < -0.39 is 5.60 Å². The second-order valence-corrected chi connectivity index (χ2v) is 7.52. The Morgan fingerprint density at radius 3 is 2.80 bits per heavy atom. The molecule has 0 atom stereocenters. The first-order chi connectivity index (χ1) is 14.6. The molecule has 1 fully saturated rings. The molecule has 1 aliphatic rings. The van der Waals surface area contributed by atoms with Crippen LogP contribution in [0.4, 0.5) is 0 Å². The number of nitrogens with one attached hydrogen (secondary N) is 2. The van der Waals surface area contributed by atoms with Gasteiger partial charge in [-0.25, -0.2) is 4.98 Å². The summed E-state index contributed by atoms with van der Waals surface area (Å²) in [6, 6.07) is 7.56. The standard InChI is InChI=1S/C21H26N6O3/c1-30-21(20(29)23-9-4-11-26-14-10-22-15-26)7-12-27(13-8-21)19(28)18-16-5-2-3-6-17(16)24-25-18/h2-3,5-6,10,14-15H,4,7-9,11-13H2,1H3,(H,23,29)(H,24,25). The largest absolute Gasteiger partial charge is 0.368 e. The van der Waals surface area contributed by atoms with Crippen LogP contribution in [-0.4, -0.2) is 68.8 Å². The summed E-state index contributed by atoms with van der Waals surface area (Å²) >= 11 is 0. The molecule has 0 unspecified atom stereocenters. The molecule has 2 N–H and O–H groups in total. The number of carbonyl (C=O) groups excluding carboxylic acids is 2. The zero-order chi connectivity index (χ0) is 21.0. The van der Waals surface area contributed by atoms with Crippen molar-refractivity contribution in [2.24, 2.45) is 0 Å². The van der Waals surface area contributed by atoms with Gasteiger partial charge in [0.05, 0.1) is 11.8 Å². The van der Waals surface area contributed by atoms with Crippen molar-refractivity contribution in [3.63, 3.8) is 0 Å². The Balaban J connectivity index is 1.33. The van der Waals surface area contributed by atoms with Gasteiger partial charge in [0.2, 0.25) is 0 Å². The minimum atomic E-state index is -0.903. The van der Waals surface area contributed by atoms with E-state index in [2.05, 4.69) is 20.5 Å². The van der Waals surface area contributed by atoms with Gasteiger partial charge in [0.1, 0.15) is 5.60 Å². The van der Waals surface area contributed by atoms with Crippen LogP contribution in [0.25, 0.3) is 10.9 Å². The molecule has 2 amide bonds. The van der Waals surface area contributed by atoms with Gasteiger partial charge in [-0.15, -0.1) is 0 Å². The highest BCUT2D eigenvalue weighted by Crippen LogP contribution is 2.28. The highest BCUT2D eigenvalue weighted by atomic mass is 16.5. The molecular weight excluding hydrogens is 384 g/mol. The molecule has 158 valence electrons. The fraction of sp³-hybridized carbons (Fsp3) is 0.429. The number of likely N-dealkylation sites (tertiary alicyclic amines) is 1. The van der Waals surface area contributed by atoms with Crippen molar-refractivity contribution in [2.75, 3.05) is 26.7 Å². The van der Waals surface area contributed by atoms with Crippen molar-refractivity contribution in [1.82, 2.24) is 30.0 Å². The lowest BCUT2D eigenvalue weighted by Gasteiger charge is -2.39. The molecule has 9 heteroatoms. The van der Waals surface area contributed by atoms with Gasteiger partial charge in [0, 0.05) is 63.9 Å². The number of nitrogens with zero attached hydrogens (tertiary/aromatic N) is 4. The second-order valence-electron chi connectivity index (χ2n) is 7.52. The van der Waals surface area contributed by atoms with Crippen LogP contribution in [0.1, 0.15) is 29.8 Å². The smallest absolute Gasteiger partial charge is 0.274 e. The third-order valence-electron chi connectivity index (χ3n) is 5.77. The Bertz CT molecular complexity index is 1000. The number of amides is 2. The van der Waals surface area contributed by atoms with Crippen LogP contribution in [-0.2, 0) is 16.1 Å². The van der Waals surface area contributed by atoms with Gasteiger partial charge >= 0.3 is 0 Å². The lowest BCUT2D eigenvalue weighted by molar-refractivity contribution is -0.148. The third kappa shape index (κ3) is 3.93. The number of para-hydroxylation sites is 1. The van der Waals surface area contributed by atoms with Crippen LogP contribution in [0.5, 0.6) is 0 Å². The zero-order valence-electron chi connectivity index (χ0n) is 17.0. The average molecular weight is 410 g/mol. The summed E-state index contributed by atoms with van der Waals surface area (Å²) in [7, 11) is 1.56. The maximum atomic E-state index is 13.0. The highest BCUT2D eigenvalue weighted by Gasteiger charge is 2.42. The summed E-state index contributed by atoms with van der Waals surface area (Å²) in [5.41, 5.74) is 0.345. The van der Waals surface area contributed by atoms with Gasteiger partial charge < -0.3 is 19.5 Å². The molecule has 1 aliphatic heterocycles. The van der Waals surface area contributed by atoms with Crippen LogP contribution in [0.2, 0.25) is 0 Å². The zero-order valence-corrected chi connectivity index (χ0v) is 17.0. The van der Waals surface area contributed by atoms with Crippen molar-refractivity contribution in [2.45, 2.75) is 31.4 Å². The van der Waals surface area contributed by atoms with E-state index in [-0.39, 0.29) is 11.8 Å². The maximum Gasteiger partial charge on any atom is 0.274 e. The predicted molar refractivity (Wildman–Crippen MR) is 111 cm³/mol. The number of rotatable bonds is 7. The van der Waals surface area contributed by atoms with E-state index in [1.807, 2.05) is 35.0 Å². The first kappa shape index (κ1) is 20.1. The normalized spacial score (nSPS) is 16.0. The first-order valence-electron chi connectivity index (χ1n) is 10.1. The molecule has 3 aromatic rings. The fourth-order valence-electron chi connectivity index (χ4n) is 3.91. The summed E-state index contributed by atoms with van der Waals surface area (Å²) in [4.78, 5) is 31.5. The number of fused-ring (bicyclic) bond motifs is 1. The van der Waals surface area contributed by atoms with Gasteiger partial charge in [-0.2, -0.15) is 5.10 Å². The molecule has 0 spiro atoms. The molecule has 0 radical (unpaired) electrons. The van der Waals surface area contributed by atoms with E-state index in [0.29, 0.717) is 38.2 Å². The minimum Gasteiger partial charge on any atom is -0.368 e. The first-order valence-corrected chi connectivity index (χ1v) is 10.1. The van der Waals surface area contributed by atoms with E-state index in [1.165, 1.54) is 0 Å². The van der Waals surface area contributed by atoms with Crippen molar-refractivity contribution >= 4 is 22.7 Å². The Hall–Kier alpha value is -3.20. The van der Waals surface area contributed by atoms with Gasteiger partial charge in [0.25, 0.3) is 11.8 Å². The number of hydrogen-bond donors (Lipinski definition) is 2. The number of ether oxygens (including phenoxy) is 1. The van der Waals surface area contributed by atoms with Gasteiger partial charge in [-0.05, 0) is 12.5 Å². The lowest BCUT2D eigenvalue weighted by atomic mass is 9.89. The van der Waals surface area contributed by atoms with Crippen LogP contribution < -0.4 is 5.32 Å². The topological polar surface area (TPSA) is 105 Å². The summed E-state index contributed by atoms with van der Waals surface area (Å²) in [6.45, 7) is 2.23. The summed E-state index contributed by atoms with van der Waals surface area (Å²) in [6.07, 6.45) is 7.09. The van der Waals surface area contributed by atoms with Gasteiger partial charge in [-0.3, -0.25) is 14.7 Å². The molecule has 0 aliphatic carbocycles. The molecule has 9 nitrogen and oxygen atoms in total. The Kier molecular flexibility index (Phi) is 5.80. The van der Waals surface area contributed by atoms with E-state index in [0.717, 1.165) is 23.9 Å². The molecule has 4 rings (SSSR count). The molecule has 3 heterocycles. The molecule has 30 heavy (non-hydrogen) atoms. The lowest BCUT2D eigenvalue weighted by Crippen LogP contribution is -2.56. The number of benzene rings is 1. The van der Waals surface area contributed by atoms with Crippen molar-refractivity contribution in [3.8, 4) is 0 Å². The number of hydrogen-bond acceptors (Lipinski definition) is 5. The Morgan fingerprint density at radius 2 is 2.07 bits per heavy atom. The minimum absolute atomic E-state index is 0.118. The Morgan fingerprint density at radius 1 is 1.27 bits per heavy atom. The third-order valence-corrected chi connectivity index (χ3v) is 5.77. The van der Waals surface area contributed by atoms with Crippen molar-refractivity contribution < 1.29 is 14.3 Å². The van der Waals surface area contributed by atoms with Crippen LogP contribution in [0.3, 0.4) is 0 Å². The molecule has 0 bridgehead atoms. The molecule has 1 aromatic carbocycles. The molecule has 1 saturated heterocycles. The Labute approximate surface area is 174 Å². The number of imidazole rings is 1. The molecule has 0 saturated carbocycles. The summed E-state index contributed by atoms with van der Waals surface area (Å²) in [5, 5.41) is 10.9. The summed E-state index contributed by atoms with van der Waals surface area (Å²) < 4.78 is 7.62. The van der Waals surface area contributed by atoms with E-state index >= 15 is 0 Å². The van der Waals surface area contributed by atoms with Gasteiger partial charge in [0.15, 0.2) is 5.69 Å². The van der Waals surface area contributed by atoms with E-state index in [9.17, 15) is 9.59 Å².